The molecule has 1 N–H and O–H groups in total. The molecular weight excluding hydrogens is 446 g/mol. The first-order chi connectivity index (χ1) is 15.9. The van der Waals surface area contributed by atoms with Gasteiger partial charge in [-0.3, -0.25) is 14.5 Å². The maximum Gasteiger partial charge on any atom is 0.338 e. The van der Waals surface area contributed by atoms with Crippen molar-refractivity contribution in [3.63, 3.8) is 0 Å². The second-order valence-electron chi connectivity index (χ2n) is 7.56. The van der Waals surface area contributed by atoms with Gasteiger partial charge in [0.15, 0.2) is 16.6 Å². The lowest BCUT2D eigenvalue weighted by molar-refractivity contribution is -0.130. The molecule has 1 saturated heterocycles. The van der Waals surface area contributed by atoms with E-state index >= 15 is 0 Å². The van der Waals surface area contributed by atoms with E-state index in [9.17, 15) is 14.4 Å². The number of hydrogen-bond acceptors (Lipinski definition) is 7. The Kier molecular flexibility index (Phi) is 6.45. The molecule has 0 aromatic heterocycles. The highest BCUT2D eigenvalue weighted by molar-refractivity contribution is 7.80. The number of rotatable bonds is 7. The molecule has 0 aliphatic carbocycles. The van der Waals surface area contributed by atoms with Gasteiger partial charge in [0.2, 0.25) is 12.7 Å². The third-order valence-electron chi connectivity index (χ3n) is 5.37. The summed E-state index contributed by atoms with van der Waals surface area (Å²) in [6.45, 7) is 2.53. The molecule has 2 aliphatic heterocycles. The van der Waals surface area contributed by atoms with Crippen LogP contribution in [0.4, 0.5) is 5.69 Å². The SMILES string of the molecule is CCOC(=O)c1ccc(NC(=O)C[C@@H]2C(=O)N(C)C(=S)N2Cc2ccc3c(c2)OCO3)cc1. The van der Waals surface area contributed by atoms with Crippen molar-refractivity contribution in [3.05, 3.63) is 53.6 Å². The van der Waals surface area contributed by atoms with Crippen LogP contribution in [0.2, 0.25) is 0 Å². The average Bonchev–Trinajstić information content (AvgIpc) is 3.34. The predicted molar refractivity (Wildman–Crippen MR) is 123 cm³/mol. The number of carbonyl (C=O) groups excluding carboxylic acids is 3. The summed E-state index contributed by atoms with van der Waals surface area (Å²) >= 11 is 5.46. The second kappa shape index (κ2) is 9.45. The van der Waals surface area contributed by atoms with Crippen LogP contribution >= 0.6 is 12.2 Å². The van der Waals surface area contributed by atoms with E-state index in [1.54, 1.807) is 43.1 Å². The Labute approximate surface area is 196 Å². The van der Waals surface area contributed by atoms with E-state index in [4.69, 9.17) is 26.4 Å². The van der Waals surface area contributed by atoms with E-state index in [0.29, 0.717) is 34.4 Å². The van der Waals surface area contributed by atoms with E-state index in [0.717, 1.165) is 5.56 Å². The number of nitrogens with zero attached hydrogens (tertiary/aromatic N) is 2. The Morgan fingerprint density at radius 1 is 1.15 bits per heavy atom. The van der Waals surface area contributed by atoms with E-state index in [1.807, 2.05) is 18.2 Å². The Morgan fingerprint density at radius 2 is 1.88 bits per heavy atom. The van der Waals surface area contributed by atoms with Crippen LogP contribution in [0.1, 0.15) is 29.3 Å². The molecule has 172 valence electrons. The minimum atomic E-state index is -0.730. The smallest absolute Gasteiger partial charge is 0.338 e. The number of thiocarbonyl (C=S) groups is 1. The first-order valence-corrected chi connectivity index (χ1v) is 10.8. The Bertz CT molecular complexity index is 1100. The number of esters is 1. The minimum absolute atomic E-state index is 0.0759. The number of nitrogens with one attached hydrogen (secondary N) is 1. The van der Waals surface area contributed by atoms with Crippen LogP contribution in [0.15, 0.2) is 42.5 Å². The van der Waals surface area contributed by atoms with Gasteiger partial charge in [-0.25, -0.2) is 4.79 Å². The molecule has 2 aromatic carbocycles. The van der Waals surface area contributed by atoms with Crippen molar-refractivity contribution in [2.75, 3.05) is 25.8 Å². The van der Waals surface area contributed by atoms with E-state index in [2.05, 4.69) is 5.32 Å². The van der Waals surface area contributed by atoms with Gasteiger partial charge in [-0.15, -0.1) is 0 Å². The zero-order chi connectivity index (χ0) is 23.5. The topological polar surface area (TPSA) is 97.4 Å². The monoisotopic (exact) mass is 469 g/mol. The summed E-state index contributed by atoms with van der Waals surface area (Å²) in [5.74, 6) is 0.293. The summed E-state index contributed by atoms with van der Waals surface area (Å²) < 4.78 is 15.7. The Balaban J connectivity index is 1.43. The number of amides is 2. The molecule has 0 spiro atoms. The lowest BCUT2D eigenvalue weighted by Gasteiger charge is -2.23. The van der Waals surface area contributed by atoms with Crippen LogP contribution in [-0.2, 0) is 20.9 Å². The van der Waals surface area contributed by atoms with E-state index < -0.39 is 12.0 Å². The quantitative estimate of drug-likeness (QED) is 0.488. The van der Waals surface area contributed by atoms with Crippen molar-refractivity contribution in [1.82, 2.24) is 9.80 Å². The number of carbonyl (C=O) groups is 3. The van der Waals surface area contributed by atoms with Crippen LogP contribution in [0.3, 0.4) is 0 Å². The summed E-state index contributed by atoms with van der Waals surface area (Å²) in [6.07, 6.45) is -0.0759. The van der Waals surface area contributed by atoms with Crippen LogP contribution in [-0.4, -0.2) is 59.2 Å². The zero-order valence-electron chi connectivity index (χ0n) is 18.2. The minimum Gasteiger partial charge on any atom is -0.462 e. The summed E-state index contributed by atoms with van der Waals surface area (Å²) in [7, 11) is 1.60. The van der Waals surface area contributed by atoms with Crippen molar-refractivity contribution in [2.24, 2.45) is 0 Å². The molecule has 2 amide bonds. The third kappa shape index (κ3) is 4.75. The van der Waals surface area contributed by atoms with Gasteiger partial charge in [-0.05, 0) is 61.1 Å². The molecule has 0 unspecified atom stereocenters. The van der Waals surface area contributed by atoms with Gasteiger partial charge in [-0.2, -0.15) is 0 Å². The summed E-state index contributed by atoms with van der Waals surface area (Å²) in [5.41, 5.74) is 1.78. The molecule has 4 rings (SSSR count). The molecule has 1 atom stereocenters. The average molecular weight is 470 g/mol. The molecule has 33 heavy (non-hydrogen) atoms. The van der Waals surface area contributed by atoms with Crippen LogP contribution in [0.5, 0.6) is 11.5 Å². The number of benzene rings is 2. The molecule has 2 aromatic rings. The van der Waals surface area contributed by atoms with Gasteiger partial charge in [0.1, 0.15) is 6.04 Å². The summed E-state index contributed by atoms with van der Waals surface area (Å²) in [5, 5.41) is 3.12. The Morgan fingerprint density at radius 3 is 2.61 bits per heavy atom. The first kappa shape index (κ1) is 22.5. The van der Waals surface area contributed by atoms with Crippen molar-refractivity contribution >= 4 is 40.8 Å². The Hall–Kier alpha value is -3.66. The van der Waals surface area contributed by atoms with Gasteiger partial charge in [0.05, 0.1) is 18.6 Å². The molecule has 0 saturated carbocycles. The second-order valence-corrected chi connectivity index (χ2v) is 7.93. The molecule has 2 heterocycles. The number of fused-ring (bicyclic) bond motifs is 1. The van der Waals surface area contributed by atoms with Crippen molar-refractivity contribution < 1.29 is 28.6 Å². The largest absolute Gasteiger partial charge is 0.462 e. The number of anilines is 1. The lowest BCUT2D eigenvalue weighted by Crippen LogP contribution is -2.37. The fourth-order valence-corrected chi connectivity index (χ4v) is 3.96. The van der Waals surface area contributed by atoms with Gasteiger partial charge < -0.3 is 24.4 Å². The van der Waals surface area contributed by atoms with Crippen molar-refractivity contribution in [3.8, 4) is 11.5 Å². The van der Waals surface area contributed by atoms with Crippen LogP contribution in [0.25, 0.3) is 0 Å². The normalized spacial score (nSPS) is 16.8. The molecule has 1 fully saturated rings. The maximum absolute atomic E-state index is 12.8. The van der Waals surface area contributed by atoms with Crippen molar-refractivity contribution in [2.45, 2.75) is 25.9 Å². The number of hydrogen-bond donors (Lipinski definition) is 1. The fourth-order valence-electron chi connectivity index (χ4n) is 3.68. The molecule has 10 heteroatoms. The molecule has 0 bridgehead atoms. The molecule has 0 radical (unpaired) electrons. The standard InChI is InChI=1S/C23H23N3O6S/c1-3-30-22(29)15-5-7-16(8-6-15)24-20(27)11-17-21(28)25(2)23(33)26(17)12-14-4-9-18-19(10-14)32-13-31-18/h4-10,17H,3,11-13H2,1-2H3,(H,24,27)/t17-/m1/s1. The maximum atomic E-state index is 12.8. The first-order valence-electron chi connectivity index (χ1n) is 10.4. The van der Waals surface area contributed by atoms with Gasteiger partial charge in [0, 0.05) is 19.3 Å². The van der Waals surface area contributed by atoms with Gasteiger partial charge in [0.25, 0.3) is 5.91 Å². The molecular formula is C23H23N3O6S. The van der Waals surface area contributed by atoms with Gasteiger partial charge >= 0.3 is 5.97 Å². The highest BCUT2D eigenvalue weighted by Crippen LogP contribution is 2.33. The third-order valence-corrected chi connectivity index (χ3v) is 5.88. The highest BCUT2D eigenvalue weighted by atomic mass is 32.1. The molecule has 2 aliphatic rings. The fraction of sp³-hybridized carbons (Fsp3) is 0.304. The summed E-state index contributed by atoms with van der Waals surface area (Å²) in [6, 6.07) is 11.2. The van der Waals surface area contributed by atoms with E-state index in [-0.39, 0.29) is 31.6 Å². The zero-order valence-corrected chi connectivity index (χ0v) is 19.0. The summed E-state index contributed by atoms with van der Waals surface area (Å²) in [4.78, 5) is 40.4. The van der Waals surface area contributed by atoms with E-state index in [1.165, 1.54) is 4.90 Å². The van der Waals surface area contributed by atoms with Crippen molar-refractivity contribution in [1.29, 1.82) is 0 Å². The number of ether oxygens (including phenoxy) is 3. The molecule has 9 nitrogen and oxygen atoms in total. The predicted octanol–water partition coefficient (Wildman–Crippen LogP) is 2.55. The highest BCUT2D eigenvalue weighted by Gasteiger charge is 2.41. The van der Waals surface area contributed by atoms with Crippen LogP contribution < -0.4 is 14.8 Å². The van der Waals surface area contributed by atoms with Gasteiger partial charge in [-0.1, -0.05) is 6.07 Å². The lowest BCUT2D eigenvalue weighted by atomic mass is 10.1. The van der Waals surface area contributed by atoms with Crippen LogP contribution in [0, 0.1) is 0 Å². The number of likely N-dealkylation sites (N-methyl/N-ethyl adjacent to an activating group) is 1.